The van der Waals surface area contributed by atoms with Crippen LogP contribution in [0.15, 0.2) is 66.7 Å². The lowest BCUT2D eigenvalue weighted by Crippen LogP contribution is -2.25. The summed E-state index contributed by atoms with van der Waals surface area (Å²) in [5, 5.41) is 10.1. The van der Waals surface area contributed by atoms with Gasteiger partial charge in [-0.25, -0.2) is 9.78 Å². The Morgan fingerprint density at radius 3 is 2.39 bits per heavy atom. The molecule has 1 heterocycles. The number of ether oxygens (including phenoxy) is 1. The van der Waals surface area contributed by atoms with Gasteiger partial charge in [0.1, 0.15) is 5.75 Å². The zero-order chi connectivity index (χ0) is 21.8. The second-order valence-corrected chi connectivity index (χ2v) is 8.42. The molecule has 0 spiro atoms. The van der Waals surface area contributed by atoms with Crippen molar-refractivity contribution in [2.75, 3.05) is 18.6 Å². The van der Waals surface area contributed by atoms with Crippen LogP contribution in [0.4, 0.5) is 5.13 Å². The van der Waals surface area contributed by atoms with E-state index >= 15 is 0 Å². The number of carboxylic acid groups (broad SMARTS) is 1. The quantitative estimate of drug-likeness (QED) is 0.395. The normalized spacial score (nSPS) is 10.9. The molecule has 6 heteroatoms. The minimum Gasteiger partial charge on any atom is -0.497 e. The van der Waals surface area contributed by atoms with E-state index in [4.69, 9.17) is 14.8 Å². The van der Waals surface area contributed by atoms with Crippen molar-refractivity contribution >= 4 is 32.7 Å². The van der Waals surface area contributed by atoms with Crippen molar-refractivity contribution in [2.24, 2.45) is 0 Å². The molecule has 4 rings (SSSR count). The molecule has 158 valence electrons. The number of aromatic nitrogens is 1. The van der Waals surface area contributed by atoms with Crippen molar-refractivity contribution in [1.29, 1.82) is 0 Å². The SMILES string of the molecule is COc1ccc(CCN(Cc2ccc(C(=O)O)cc2)c2nc3cccc(C)c3s2)cc1. The molecule has 1 N–H and O–H groups in total. The van der Waals surface area contributed by atoms with E-state index in [0.29, 0.717) is 12.1 Å². The van der Waals surface area contributed by atoms with Crippen LogP contribution in [0.2, 0.25) is 0 Å². The zero-order valence-corrected chi connectivity index (χ0v) is 18.4. The number of carbonyl (C=O) groups is 1. The number of thiazole rings is 1. The second-order valence-electron chi connectivity index (χ2n) is 7.44. The lowest BCUT2D eigenvalue weighted by molar-refractivity contribution is 0.0697. The molecule has 0 bridgehead atoms. The number of methoxy groups -OCH3 is 1. The third kappa shape index (κ3) is 4.86. The molecule has 31 heavy (non-hydrogen) atoms. The molecule has 5 nitrogen and oxygen atoms in total. The summed E-state index contributed by atoms with van der Waals surface area (Å²) >= 11 is 1.70. The highest BCUT2D eigenvalue weighted by atomic mass is 32.1. The van der Waals surface area contributed by atoms with Gasteiger partial charge in [-0.2, -0.15) is 0 Å². The summed E-state index contributed by atoms with van der Waals surface area (Å²) in [5.74, 6) is -0.0645. The highest BCUT2D eigenvalue weighted by molar-refractivity contribution is 7.22. The van der Waals surface area contributed by atoms with E-state index < -0.39 is 5.97 Å². The summed E-state index contributed by atoms with van der Waals surface area (Å²) in [6, 6.07) is 21.4. The highest BCUT2D eigenvalue weighted by Gasteiger charge is 2.15. The van der Waals surface area contributed by atoms with Crippen molar-refractivity contribution in [2.45, 2.75) is 19.9 Å². The van der Waals surface area contributed by atoms with Crippen molar-refractivity contribution in [1.82, 2.24) is 4.98 Å². The van der Waals surface area contributed by atoms with E-state index in [1.54, 1.807) is 30.6 Å². The van der Waals surface area contributed by atoms with Crippen LogP contribution >= 0.6 is 11.3 Å². The molecule has 0 fully saturated rings. The van der Waals surface area contributed by atoms with Crippen molar-refractivity contribution < 1.29 is 14.6 Å². The van der Waals surface area contributed by atoms with Crippen molar-refractivity contribution in [3.05, 3.63) is 89.0 Å². The largest absolute Gasteiger partial charge is 0.497 e. The number of hydrogen-bond donors (Lipinski definition) is 1. The first-order chi connectivity index (χ1) is 15.0. The van der Waals surface area contributed by atoms with E-state index in [1.165, 1.54) is 15.8 Å². The molecule has 0 amide bonds. The van der Waals surface area contributed by atoms with Gasteiger partial charge in [-0.05, 0) is 60.4 Å². The molecule has 4 aromatic rings. The summed E-state index contributed by atoms with van der Waals surface area (Å²) in [6.45, 7) is 3.57. The molecule has 0 unspecified atom stereocenters. The van der Waals surface area contributed by atoms with Crippen LogP contribution in [0.5, 0.6) is 5.75 Å². The second kappa shape index (κ2) is 9.18. The average Bonchev–Trinajstić information content (AvgIpc) is 3.23. The summed E-state index contributed by atoms with van der Waals surface area (Å²) in [5.41, 5.74) is 4.81. The molecule has 0 radical (unpaired) electrons. The number of anilines is 1. The van der Waals surface area contributed by atoms with Gasteiger partial charge in [-0.1, -0.05) is 47.7 Å². The van der Waals surface area contributed by atoms with Gasteiger partial charge >= 0.3 is 5.97 Å². The molecule has 0 aliphatic rings. The number of benzene rings is 3. The topological polar surface area (TPSA) is 62.7 Å². The van der Waals surface area contributed by atoms with Crippen LogP contribution in [-0.2, 0) is 13.0 Å². The fraction of sp³-hybridized carbons (Fsp3) is 0.200. The summed E-state index contributed by atoms with van der Waals surface area (Å²) in [6.07, 6.45) is 0.867. The molecule has 1 aromatic heterocycles. The number of aromatic carboxylic acids is 1. The van der Waals surface area contributed by atoms with E-state index in [2.05, 4.69) is 30.0 Å². The first-order valence-electron chi connectivity index (χ1n) is 10.1. The summed E-state index contributed by atoms with van der Waals surface area (Å²) < 4.78 is 6.46. The lowest BCUT2D eigenvalue weighted by atomic mass is 10.1. The Balaban J connectivity index is 1.60. The van der Waals surface area contributed by atoms with Crippen LogP contribution in [0.25, 0.3) is 10.2 Å². The van der Waals surface area contributed by atoms with Crippen molar-refractivity contribution in [3.8, 4) is 5.75 Å². The Morgan fingerprint density at radius 1 is 1.03 bits per heavy atom. The van der Waals surface area contributed by atoms with E-state index in [0.717, 1.165) is 34.9 Å². The maximum atomic E-state index is 11.2. The van der Waals surface area contributed by atoms with Crippen LogP contribution in [0.3, 0.4) is 0 Å². The molecule has 0 aliphatic carbocycles. The third-order valence-corrected chi connectivity index (χ3v) is 6.54. The zero-order valence-electron chi connectivity index (χ0n) is 17.5. The Labute approximate surface area is 185 Å². The maximum absolute atomic E-state index is 11.2. The Hall–Kier alpha value is -3.38. The maximum Gasteiger partial charge on any atom is 0.335 e. The third-order valence-electron chi connectivity index (χ3n) is 5.27. The number of carboxylic acids is 1. The van der Waals surface area contributed by atoms with E-state index in [9.17, 15) is 4.79 Å². The monoisotopic (exact) mass is 432 g/mol. The fourth-order valence-corrected chi connectivity index (χ4v) is 4.54. The fourth-order valence-electron chi connectivity index (χ4n) is 3.48. The van der Waals surface area contributed by atoms with Gasteiger partial charge in [0, 0.05) is 13.1 Å². The van der Waals surface area contributed by atoms with Crippen LogP contribution in [-0.4, -0.2) is 29.7 Å². The van der Waals surface area contributed by atoms with Gasteiger partial charge in [-0.3, -0.25) is 0 Å². The predicted octanol–water partition coefficient (Wildman–Crippen LogP) is 5.56. The predicted molar refractivity (Wildman–Crippen MR) is 126 cm³/mol. The first-order valence-corrected chi connectivity index (χ1v) is 10.9. The molecular formula is C25H24N2O3S. The standard InChI is InChI=1S/C25H24N2O3S/c1-17-4-3-5-22-23(17)31-25(26-22)27(15-14-18-8-12-21(30-2)13-9-18)16-19-6-10-20(11-7-19)24(28)29/h3-13H,14-16H2,1-2H3,(H,28,29). The minimum absolute atomic E-state index is 0.296. The first kappa shape index (κ1) is 20.9. The molecule has 0 aliphatic heterocycles. The molecule has 0 saturated heterocycles. The van der Waals surface area contributed by atoms with Gasteiger partial charge in [-0.15, -0.1) is 0 Å². The Morgan fingerprint density at radius 2 is 1.74 bits per heavy atom. The summed E-state index contributed by atoms with van der Waals surface area (Å²) in [4.78, 5) is 18.3. The number of hydrogen-bond acceptors (Lipinski definition) is 5. The van der Waals surface area contributed by atoms with E-state index in [-0.39, 0.29) is 0 Å². The number of aryl methyl sites for hydroxylation is 1. The lowest BCUT2D eigenvalue weighted by Gasteiger charge is -2.22. The highest BCUT2D eigenvalue weighted by Crippen LogP contribution is 2.32. The van der Waals surface area contributed by atoms with Gasteiger partial charge in [0.15, 0.2) is 5.13 Å². The van der Waals surface area contributed by atoms with E-state index in [1.807, 2.05) is 36.4 Å². The minimum atomic E-state index is -0.912. The van der Waals surface area contributed by atoms with Crippen LogP contribution < -0.4 is 9.64 Å². The van der Waals surface area contributed by atoms with Crippen LogP contribution in [0.1, 0.15) is 27.0 Å². The smallest absolute Gasteiger partial charge is 0.335 e. The van der Waals surface area contributed by atoms with Gasteiger partial charge < -0.3 is 14.7 Å². The molecule has 0 atom stereocenters. The van der Waals surface area contributed by atoms with Gasteiger partial charge in [0.2, 0.25) is 0 Å². The number of nitrogens with zero attached hydrogens (tertiary/aromatic N) is 2. The van der Waals surface area contributed by atoms with Crippen molar-refractivity contribution in [3.63, 3.8) is 0 Å². The van der Waals surface area contributed by atoms with Gasteiger partial charge in [0.05, 0.1) is 22.9 Å². The molecule has 3 aromatic carbocycles. The molecule has 0 saturated carbocycles. The van der Waals surface area contributed by atoms with Crippen LogP contribution in [0, 0.1) is 6.92 Å². The molecular weight excluding hydrogens is 408 g/mol. The Bertz CT molecular complexity index is 1180. The summed E-state index contributed by atoms with van der Waals surface area (Å²) in [7, 11) is 1.67. The number of fused-ring (bicyclic) bond motifs is 1. The van der Waals surface area contributed by atoms with Gasteiger partial charge in [0.25, 0.3) is 0 Å². The Kier molecular flexibility index (Phi) is 6.18. The average molecular weight is 433 g/mol. The number of rotatable bonds is 8.